The van der Waals surface area contributed by atoms with Crippen LogP contribution in [0.3, 0.4) is 0 Å². The van der Waals surface area contributed by atoms with Crippen LogP contribution in [0.25, 0.3) is 0 Å². The quantitative estimate of drug-likeness (QED) is 0.618. The van der Waals surface area contributed by atoms with Gasteiger partial charge in [-0.15, -0.1) is 0 Å². The van der Waals surface area contributed by atoms with E-state index in [2.05, 4.69) is 4.98 Å². The Kier molecular flexibility index (Phi) is 2.16. The van der Waals surface area contributed by atoms with Crippen LogP contribution in [0.2, 0.25) is 0 Å². The zero-order valence-electron chi connectivity index (χ0n) is 7.17. The van der Waals surface area contributed by atoms with E-state index in [0.29, 0.717) is 13.1 Å². The third-order valence-electron chi connectivity index (χ3n) is 2.23. The molecule has 1 aromatic heterocycles. The summed E-state index contributed by atoms with van der Waals surface area (Å²) in [6.07, 6.45) is 0.399. The highest BCUT2D eigenvalue weighted by molar-refractivity contribution is 5.39. The molecule has 2 N–H and O–H groups in total. The summed E-state index contributed by atoms with van der Waals surface area (Å²) in [4.78, 5) is 6.00. The first-order chi connectivity index (χ1) is 6.27. The molecule has 1 saturated heterocycles. The van der Waals surface area contributed by atoms with Gasteiger partial charge in [-0.1, -0.05) is 6.07 Å². The Morgan fingerprint density at radius 2 is 1.92 bits per heavy atom. The van der Waals surface area contributed by atoms with Crippen LogP contribution in [-0.4, -0.2) is 40.5 Å². The molecule has 0 radical (unpaired) electrons. The topological polar surface area (TPSA) is 56.6 Å². The Bertz CT molecular complexity index is 268. The maximum absolute atomic E-state index is 9.31. The minimum absolute atomic E-state index is 0.457. The number of aromatic nitrogens is 1. The molecular formula is C9H12N2O2. The van der Waals surface area contributed by atoms with Gasteiger partial charge in [-0.3, -0.25) is 0 Å². The van der Waals surface area contributed by atoms with Crippen molar-refractivity contribution in [3.8, 4) is 0 Å². The Hall–Kier alpha value is -1.13. The Labute approximate surface area is 76.5 Å². The van der Waals surface area contributed by atoms with Crippen molar-refractivity contribution in [2.75, 3.05) is 18.0 Å². The molecule has 0 unspecified atom stereocenters. The SMILES string of the molecule is O[C@@H]1CN(c2ccccn2)C[C@@H]1O. The van der Waals surface area contributed by atoms with E-state index in [0.717, 1.165) is 5.82 Å². The van der Waals surface area contributed by atoms with Crippen LogP contribution in [0.4, 0.5) is 5.82 Å². The van der Waals surface area contributed by atoms with Gasteiger partial charge in [0.2, 0.25) is 0 Å². The maximum atomic E-state index is 9.31. The van der Waals surface area contributed by atoms with Gasteiger partial charge in [0.25, 0.3) is 0 Å². The molecule has 70 valence electrons. The third-order valence-corrected chi connectivity index (χ3v) is 2.23. The highest BCUT2D eigenvalue weighted by Crippen LogP contribution is 2.17. The van der Waals surface area contributed by atoms with E-state index >= 15 is 0 Å². The average Bonchev–Trinajstić information content (AvgIpc) is 2.49. The molecule has 2 rings (SSSR count). The van der Waals surface area contributed by atoms with Gasteiger partial charge < -0.3 is 15.1 Å². The summed E-state index contributed by atoms with van der Waals surface area (Å²) in [6, 6.07) is 5.59. The van der Waals surface area contributed by atoms with Gasteiger partial charge >= 0.3 is 0 Å². The van der Waals surface area contributed by atoms with Gasteiger partial charge in [0, 0.05) is 19.3 Å². The monoisotopic (exact) mass is 180 g/mol. The molecule has 2 heterocycles. The molecule has 0 aliphatic carbocycles. The smallest absolute Gasteiger partial charge is 0.128 e. The van der Waals surface area contributed by atoms with Gasteiger partial charge in [-0.2, -0.15) is 0 Å². The van der Waals surface area contributed by atoms with Crippen LogP contribution < -0.4 is 4.90 Å². The number of hydrogen-bond acceptors (Lipinski definition) is 4. The lowest BCUT2D eigenvalue weighted by atomic mass is 10.3. The lowest BCUT2D eigenvalue weighted by Crippen LogP contribution is -2.22. The van der Waals surface area contributed by atoms with E-state index in [1.165, 1.54) is 0 Å². The number of β-amino-alcohol motifs (C(OH)–C–C–N with tert-alkyl or cyclic N) is 2. The Morgan fingerprint density at radius 1 is 1.23 bits per heavy atom. The van der Waals surface area contributed by atoms with Crippen LogP contribution in [0, 0.1) is 0 Å². The summed E-state index contributed by atoms with van der Waals surface area (Å²) in [5.74, 6) is 0.804. The van der Waals surface area contributed by atoms with Crippen molar-refractivity contribution < 1.29 is 10.2 Å². The highest BCUT2D eigenvalue weighted by Gasteiger charge is 2.29. The van der Waals surface area contributed by atoms with E-state index in [4.69, 9.17) is 0 Å². The lowest BCUT2D eigenvalue weighted by Gasteiger charge is -2.15. The summed E-state index contributed by atoms with van der Waals surface area (Å²) >= 11 is 0. The predicted molar refractivity (Wildman–Crippen MR) is 48.5 cm³/mol. The van der Waals surface area contributed by atoms with Gasteiger partial charge in [0.05, 0.1) is 12.2 Å². The first-order valence-electron chi connectivity index (χ1n) is 4.29. The van der Waals surface area contributed by atoms with Crippen molar-refractivity contribution in [1.29, 1.82) is 0 Å². The molecule has 2 atom stereocenters. The number of aliphatic hydroxyl groups excluding tert-OH is 2. The van der Waals surface area contributed by atoms with Crippen molar-refractivity contribution in [2.24, 2.45) is 0 Å². The first kappa shape index (κ1) is 8.47. The second-order valence-electron chi connectivity index (χ2n) is 3.23. The van der Waals surface area contributed by atoms with Gasteiger partial charge in [0.15, 0.2) is 0 Å². The molecule has 0 spiro atoms. The zero-order chi connectivity index (χ0) is 9.26. The minimum Gasteiger partial charge on any atom is -0.389 e. The lowest BCUT2D eigenvalue weighted by molar-refractivity contribution is 0.0572. The zero-order valence-corrected chi connectivity index (χ0v) is 7.17. The van der Waals surface area contributed by atoms with E-state index in [9.17, 15) is 10.2 Å². The van der Waals surface area contributed by atoms with Crippen LogP contribution in [-0.2, 0) is 0 Å². The van der Waals surface area contributed by atoms with Crippen molar-refractivity contribution in [3.63, 3.8) is 0 Å². The predicted octanol–water partition coefficient (Wildman–Crippen LogP) is -0.377. The summed E-state index contributed by atoms with van der Waals surface area (Å²) in [5.41, 5.74) is 0. The fraction of sp³-hybridized carbons (Fsp3) is 0.444. The standard InChI is InChI=1S/C9H12N2O2/c12-7-5-11(6-8(7)13)9-3-1-2-4-10-9/h1-4,7-8,12-13H,5-6H2/t7-,8+. The Morgan fingerprint density at radius 3 is 2.46 bits per heavy atom. The fourth-order valence-electron chi connectivity index (χ4n) is 1.50. The molecule has 0 amide bonds. The number of pyridine rings is 1. The first-order valence-corrected chi connectivity index (χ1v) is 4.29. The largest absolute Gasteiger partial charge is 0.389 e. The van der Waals surface area contributed by atoms with Crippen LogP contribution in [0.5, 0.6) is 0 Å². The third kappa shape index (κ3) is 1.64. The highest BCUT2D eigenvalue weighted by atomic mass is 16.3. The molecular weight excluding hydrogens is 168 g/mol. The van der Waals surface area contributed by atoms with E-state index in [-0.39, 0.29) is 0 Å². The van der Waals surface area contributed by atoms with Gasteiger partial charge in [-0.05, 0) is 12.1 Å². The van der Waals surface area contributed by atoms with E-state index < -0.39 is 12.2 Å². The summed E-state index contributed by atoms with van der Waals surface area (Å²) in [6.45, 7) is 0.913. The minimum atomic E-state index is -0.651. The molecule has 0 saturated carbocycles. The normalized spacial score (nSPS) is 28.0. The molecule has 1 aliphatic heterocycles. The van der Waals surface area contributed by atoms with Crippen LogP contribution in [0.15, 0.2) is 24.4 Å². The van der Waals surface area contributed by atoms with Gasteiger partial charge in [0.1, 0.15) is 5.82 Å². The Balaban J connectivity index is 2.12. The number of hydrogen-bond donors (Lipinski definition) is 2. The number of aliphatic hydroxyl groups is 2. The van der Waals surface area contributed by atoms with Crippen LogP contribution in [0.1, 0.15) is 0 Å². The van der Waals surface area contributed by atoms with Crippen LogP contribution >= 0.6 is 0 Å². The van der Waals surface area contributed by atoms with E-state index in [1.807, 2.05) is 23.1 Å². The molecule has 0 bridgehead atoms. The van der Waals surface area contributed by atoms with E-state index in [1.54, 1.807) is 6.20 Å². The molecule has 13 heavy (non-hydrogen) atoms. The molecule has 4 heteroatoms. The van der Waals surface area contributed by atoms with Crippen molar-refractivity contribution in [3.05, 3.63) is 24.4 Å². The molecule has 1 aliphatic rings. The van der Waals surface area contributed by atoms with Crippen molar-refractivity contribution >= 4 is 5.82 Å². The molecule has 1 fully saturated rings. The number of rotatable bonds is 1. The maximum Gasteiger partial charge on any atom is 0.128 e. The summed E-state index contributed by atoms with van der Waals surface area (Å²) in [7, 11) is 0. The number of nitrogens with zero attached hydrogens (tertiary/aromatic N) is 2. The second-order valence-corrected chi connectivity index (χ2v) is 3.23. The van der Waals surface area contributed by atoms with Crippen molar-refractivity contribution in [2.45, 2.75) is 12.2 Å². The molecule has 4 nitrogen and oxygen atoms in total. The fourth-order valence-corrected chi connectivity index (χ4v) is 1.50. The summed E-state index contributed by atoms with van der Waals surface area (Å²) in [5, 5.41) is 18.6. The molecule has 0 aromatic carbocycles. The van der Waals surface area contributed by atoms with Crippen molar-refractivity contribution in [1.82, 2.24) is 4.98 Å². The summed E-state index contributed by atoms with van der Waals surface area (Å²) < 4.78 is 0. The molecule has 1 aromatic rings. The average molecular weight is 180 g/mol. The number of anilines is 1. The van der Waals surface area contributed by atoms with Gasteiger partial charge in [-0.25, -0.2) is 4.98 Å². The second kappa shape index (κ2) is 3.32.